The van der Waals surface area contributed by atoms with Gasteiger partial charge in [0.15, 0.2) is 0 Å². The van der Waals surface area contributed by atoms with Crippen LogP contribution in [-0.2, 0) is 5.41 Å². The first-order valence-corrected chi connectivity index (χ1v) is 22.6. The van der Waals surface area contributed by atoms with Crippen molar-refractivity contribution in [3.8, 4) is 39.6 Å². The fraction of sp³-hybridized carbons (Fsp3) is 0.0612. The van der Waals surface area contributed by atoms with E-state index < -0.39 is 13.3 Å². The van der Waals surface area contributed by atoms with E-state index in [-0.39, 0.29) is 5.41 Å². The first-order valence-electron chi connectivity index (χ1n) is 18.4. The molecule has 1 aliphatic carbocycles. The van der Waals surface area contributed by atoms with Crippen molar-refractivity contribution in [1.82, 2.24) is 14.5 Å². The molecule has 3 heterocycles. The van der Waals surface area contributed by atoms with Gasteiger partial charge in [0.05, 0.1) is 0 Å². The summed E-state index contributed by atoms with van der Waals surface area (Å²) in [6.45, 7) is 4.74. The minimum absolute atomic E-state index is 0.143. The molecule has 3 nitrogen and oxygen atoms in total. The van der Waals surface area contributed by atoms with Gasteiger partial charge in [-0.25, -0.2) is 0 Å². The van der Waals surface area contributed by atoms with E-state index in [1.807, 2.05) is 0 Å². The van der Waals surface area contributed by atoms with Crippen molar-refractivity contribution in [1.29, 1.82) is 0 Å². The van der Waals surface area contributed by atoms with Crippen LogP contribution in [0.25, 0.3) is 61.4 Å². The Hall–Kier alpha value is -6.04. The van der Waals surface area contributed by atoms with Gasteiger partial charge in [-0.1, -0.05) is 0 Å². The predicted octanol–water partition coefficient (Wildman–Crippen LogP) is 8.90. The van der Waals surface area contributed by atoms with E-state index >= 15 is 0 Å². The molecule has 2 aliphatic rings. The number of nitrogens with zero attached hydrogens (tertiary/aromatic N) is 3. The topological polar surface area (TPSA) is 30.7 Å². The second-order valence-corrected chi connectivity index (χ2v) is 22.7. The van der Waals surface area contributed by atoms with Crippen molar-refractivity contribution in [2.75, 3.05) is 0 Å². The third kappa shape index (κ3) is 4.11. The van der Waals surface area contributed by atoms with Crippen LogP contribution in [0, 0.1) is 0 Å². The van der Waals surface area contributed by atoms with Crippen LogP contribution in [-0.4, -0.2) is 27.8 Å². The molecule has 9 aromatic rings. The van der Waals surface area contributed by atoms with Gasteiger partial charge in [0, 0.05) is 0 Å². The van der Waals surface area contributed by atoms with Gasteiger partial charge in [-0.3, -0.25) is 0 Å². The van der Waals surface area contributed by atoms with Gasteiger partial charge in [0.25, 0.3) is 0 Å². The van der Waals surface area contributed by atoms with Crippen LogP contribution in [0.1, 0.15) is 25.0 Å². The molecule has 11 rings (SSSR count). The van der Waals surface area contributed by atoms with Crippen molar-refractivity contribution in [2.24, 2.45) is 0 Å². The molecule has 0 amide bonds. The number of benzene rings is 7. The van der Waals surface area contributed by atoms with Crippen LogP contribution < -0.4 is 17.6 Å². The van der Waals surface area contributed by atoms with Gasteiger partial charge in [-0.05, 0) is 0 Å². The number of rotatable bonds is 4. The first kappa shape index (κ1) is 30.6. The quantitative estimate of drug-likeness (QED) is 0.169. The molecule has 0 fully saturated rings. The monoisotopic (exact) mass is 739 g/mol. The van der Waals surface area contributed by atoms with E-state index in [1.165, 1.54) is 61.7 Å². The van der Waals surface area contributed by atoms with Gasteiger partial charge in [0.2, 0.25) is 0 Å². The van der Waals surface area contributed by atoms with Gasteiger partial charge in [0.1, 0.15) is 0 Å². The van der Waals surface area contributed by atoms with Crippen molar-refractivity contribution in [3.63, 3.8) is 0 Å². The molecule has 53 heavy (non-hydrogen) atoms. The SMILES string of the molecule is CC1(C)c2ccccc2-c2cc3c4ccccc4n(-c4nc(-c5ccccc5)nc5[c]4[Ge]([c]4ccccc4)([c]4ccccc4)[c]4ccccc4-5)c3cc21. The van der Waals surface area contributed by atoms with E-state index in [2.05, 4.69) is 194 Å². The Bertz CT molecular complexity index is 2870. The fourth-order valence-corrected chi connectivity index (χ4v) is 20.4. The molecule has 0 N–H and O–H groups in total. The average molecular weight is 738 g/mol. The molecule has 0 saturated heterocycles. The van der Waals surface area contributed by atoms with E-state index in [4.69, 9.17) is 9.97 Å². The Kier molecular flexibility index (Phi) is 6.48. The average Bonchev–Trinajstić information content (AvgIpc) is 3.79. The molecular weight excluding hydrogens is 703 g/mol. The van der Waals surface area contributed by atoms with Gasteiger partial charge in [-0.2, -0.15) is 0 Å². The van der Waals surface area contributed by atoms with Crippen LogP contribution in [0.15, 0.2) is 176 Å². The molecule has 1 aliphatic heterocycles. The van der Waals surface area contributed by atoms with Crippen LogP contribution >= 0.6 is 0 Å². The summed E-state index contributed by atoms with van der Waals surface area (Å²) in [4.78, 5) is 11.3. The Balaban J connectivity index is 1.35. The summed E-state index contributed by atoms with van der Waals surface area (Å²) in [5, 5.41) is 2.47. The summed E-state index contributed by atoms with van der Waals surface area (Å²) in [5.41, 5.74) is 10.9. The summed E-state index contributed by atoms with van der Waals surface area (Å²) >= 11 is -3.77. The van der Waals surface area contributed by atoms with Crippen LogP contribution in [0.2, 0.25) is 0 Å². The van der Waals surface area contributed by atoms with Gasteiger partial charge < -0.3 is 0 Å². The number of para-hydroxylation sites is 1. The third-order valence-corrected chi connectivity index (χ3v) is 22.1. The van der Waals surface area contributed by atoms with E-state index in [9.17, 15) is 0 Å². The molecule has 0 bridgehead atoms. The zero-order chi connectivity index (χ0) is 35.3. The maximum atomic E-state index is 5.75. The molecule has 0 spiro atoms. The predicted molar refractivity (Wildman–Crippen MR) is 222 cm³/mol. The molecule has 0 radical (unpaired) electrons. The molecule has 0 atom stereocenters. The van der Waals surface area contributed by atoms with Crippen LogP contribution in [0.5, 0.6) is 0 Å². The number of hydrogen-bond donors (Lipinski definition) is 0. The molecule has 4 heteroatoms. The Morgan fingerprint density at radius 1 is 0.491 bits per heavy atom. The van der Waals surface area contributed by atoms with Crippen LogP contribution in [0.3, 0.4) is 0 Å². The van der Waals surface area contributed by atoms with Gasteiger partial charge >= 0.3 is 313 Å². The number of hydrogen-bond acceptors (Lipinski definition) is 2. The summed E-state index contributed by atoms with van der Waals surface area (Å²) in [5.74, 6) is 1.73. The second-order valence-electron chi connectivity index (χ2n) is 14.9. The van der Waals surface area contributed by atoms with Crippen molar-refractivity contribution >= 4 is 52.7 Å². The minimum atomic E-state index is -3.77. The van der Waals surface area contributed by atoms with Crippen LogP contribution in [0.4, 0.5) is 0 Å². The third-order valence-electron chi connectivity index (χ3n) is 11.9. The summed E-state index contributed by atoms with van der Waals surface area (Å²) in [6.07, 6.45) is 0. The summed E-state index contributed by atoms with van der Waals surface area (Å²) in [7, 11) is 0. The normalized spacial score (nSPS) is 14.5. The standard InChI is InChI=1S/C49H35GeN3/c1-49(2)40-27-15-12-24-35(40)38-30-39-36-25-14-17-29-43(36)53(44(39)31-41(38)49)48-45-46(51-47(52-48)32-18-6-3-7-19-32)37-26-13-16-28-42(37)50(45,33-20-8-4-9-21-33)34-22-10-5-11-23-34/h3-31H,1-2H3. The van der Waals surface area contributed by atoms with E-state index in [1.54, 1.807) is 0 Å². The summed E-state index contributed by atoms with van der Waals surface area (Å²) < 4.78 is 7.93. The Morgan fingerprint density at radius 3 is 1.83 bits per heavy atom. The maximum absolute atomic E-state index is 5.75. The fourth-order valence-electron chi connectivity index (χ4n) is 9.55. The molecule has 0 saturated carbocycles. The molecule has 0 unspecified atom stereocenters. The molecule has 2 aromatic heterocycles. The summed E-state index contributed by atoms with van der Waals surface area (Å²) in [6, 6.07) is 64.8. The van der Waals surface area contributed by atoms with Crippen molar-refractivity contribution < 1.29 is 0 Å². The first-order chi connectivity index (χ1) is 26.1. The van der Waals surface area contributed by atoms with Gasteiger partial charge in [-0.15, -0.1) is 0 Å². The second kappa shape index (κ2) is 11.2. The number of aromatic nitrogens is 3. The molecule has 250 valence electrons. The zero-order valence-electron chi connectivity index (χ0n) is 29.6. The zero-order valence-corrected chi connectivity index (χ0v) is 31.7. The molecular formula is C49H35GeN3. The van der Waals surface area contributed by atoms with Crippen molar-refractivity contribution in [3.05, 3.63) is 187 Å². The number of fused-ring (bicyclic) bond motifs is 9. The van der Waals surface area contributed by atoms with Crippen molar-refractivity contribution in [2.45, 2.75) is 19.3 Å². The molecule has 7 aromatic carbocycles. The van der Waals surface area contributed by atoms with E-state index in [0.717, 1.165) is 28.4 Å². The Morgan fingerprint density at radius 2 is 1.09 bits per heavy atom. The van der Waals surface area contributed by atoms with E-state index in [0.29, 0.717) is 0 Å². The Labute approximate surface area is 311 Å².